The Morgan fingerprint density at radius 3 is 2.52 bits per heavy atom. The molecule has 1 aliphatic heterocycles. The minimum atomic E-state index is -3.17. The van der Waals surface area contributed by atoms with Crippen LogP contribution in [-0.2, 0) is 10.0 Å². The van der Waals surface area contributed by atoms with E-state index in [0.29, 0.717) is 55.1 Å². The molecule has 0 spiro atoms. The lowest BCUT2D eigenvalue weighted by Gasteiger charge is -2.34. The highest BCUT2D eigenvalue weighted by molar-refractivity contribution is 7.89. The van der Waals surface area contributed by atoms with Crippen LogP contribution in [0.15, 0.2) is 41.1 Å². The number of aromatic nitrogens is 4. The summed E-state index contributed by atoms with van der Waals surface area (Å²) in [6, 6.07) is 9.57. The molecular weight excluding hydrogens is 392 g/mol. The van der Waals surface area contributed by atoms with Gasteiger partial charge in [-0.3, -0.25) is 4.98 Å². The SMILES string of the molecule is CCS(=O)(=O)N1CCN(c2cnc(C)c(-c3nc(-c4ccccc4)no3)n2)CC1.[HH]. The molecule has 1 fully saturated rings. The summed E-state index contributed by atoms with van der Waals surface area (Å²) in [7, 11) is -3.17. The van der Waals surface area contributed by atoms with Crippen molar-refractivity contribution >= 4 is 15.8 Å². The predicted octanol–water partition coefficient (Wildman–Crippen LogP) is 2.22. The summed E-state index contributed by atoms with van der Waals surface area (Å²) in [5.74, 6) is 1.58. The fraction of sp³-hybridized carbons (Fsp3) is 0.368. The lowest BCUT2D eigenvalue weighted by atomic mass is 10.2. The van der Waals surface area contributed by atoms with Crippen molar-refractivity contribution in [1.82, 2.24) is 24.4 Å². The predicted molar refractivity (Wildman–Crippen MR) is 111 cm³/mol. The second-order valence-electron chi connectivity index (χ2n) is 6.74. The van der Waals surface area contributed by atoms with E-state index < -0.39 is 10.0 Å². The lowest BCUT2D eigenvalue weighted by Crippen LogP contribution is -2.49. The summed E-state index contributed by atoms with van der Waals surface area (Å²) in [6.07, 6.45) is 1.69. The van der Waals surface area contributed by atoms with Gasteiger partial charge in [-0.25, -0.2) is 13.4 Å². The third-order valence-electron chi connectivity index (χ3n) is 4.92. The van der Waals surface area contributed by atoms with Gasteiger partial charge in [-0.15, -0.1) is 0 Å². The highest BCUT2D eigenvalue weighted by Gasteiger charge is 2.27. The Morgan fingerprint density at radius 2 is 1.83 bits per heavy atom. The van der Waals surface area contributed by atoms with Crippen LogP contribution in [-0.4, -0.2) is 64.8 Å². The van der Waals surface area contributed by atoms with Gasteiger partial charge in [0.1, 0.15) is 5.82 Å². The van der Waals surface area contributed by atoms with E-state index in [0.717, 1.165) is 5.56 Å². The van der Waals surface area contributed by atoms with Crippen LogP contribution in [0.3, 0.4) is 0 Å². The lowest BCUT2D eigenvalue weighted by molar-refractivity contribution is 0.384. The first-order valence-corrected chi connectivity index (χ1v) is 11.0. The maximum absolute atomic E-state index is 12.1. The van der Waals surface area contributed by atoms with E-state index in [4.69, 9.17) is 4.52 Å². The molecule has 4 rings (SSSR count). The molecule has 0 amide bonds. The largest absolute Gasteiger partial charge is 0.353 e. The van der Waals surface area contributed by atoms with E-state index in [1.807, 2.05) is 42.2 Å². The second kappa shape index (κ2) is 7.88. The zero-order valence-corrected chi connectivity index (χ0v) is 17.1. The molecule has 9 nitrogen and oxygen atoms in total. The van der Waals surface area contributed by atoms with Gasteiger partial charge in [0.2, 0.25) is 15.8 Å². The number of benzene rings is 1. The normalized spacial score (nSPS) is 15.6. The van der Waals surface area contributed by atoms with E-state index in [9.17, 15) is 8.42 Å². The quantitative estimate of drug-likeness (QED) is 0.623. The summed E-state index contributed by atoms with van der Waals surface area (Å²) in [5.41, 5.74) is 2.07. The van der Waals surface area contributed by atoms with Crippen molar-refractivity contribution in [2.24, 2.45) is 0 Å². The number of hydrogen-bond donors (Lipinski definition) is 0. The molecule has 0 atom stereocenters. The Morgan fingerprint density at radius 1 is 1.10 bits per heavy atom. The molecule has 0 aliphatic carbocycles. The molecule has 154 valence electrons. The fourth-order valence-corrected chi connectivity index (χ4v) is 4.28. The summed E-state index contributed by atoms with van der Waals surface area (Å²) < 4.78 is 31.1. The van der Waals surface area contributed by atoms with Crippen LogP contribution in [0, 0.1) is 6.92 Å². The molecule has 3 heterocycles. The smallest absolute Gasteiger partial charge is 0.278 e. The van der Waals surface area contributed by atoms with E-state index in [1.165, 1.54) is 4.31 Å². The first-order valence-electron chi connectivity index (χ1n) is 9.44. The first-order chi connectivity index (χ1) is 14.0. The number of aryl methyl sites for hydroxylation is 1. The number of nitrogens with zero attached hydrogens (tertiary/aromatic N) is 6. The van der Waals surface area contributed by atoms with Gasteiger partial charge in [-0.1, -0.05) is 35.5 Å². The number of sulfonamides is 1. The Labute approximate surface area is 170 Å². The third-order valence-corrected chi connectivity index (χ3v) is 6.81. The van der Waals surface area contributed by atoms with Gasteiger partial charge in [0.15, 0.2) is 5.69 Å². The average molecular weight is 417 g/mol. The molecule has 0 N–H and O–H groups in total. The van der Waals surface area contributed by atoms with E-state index >= 15 is 0 Å². The summed E-state index contributed by atoms with van der Waals surface area (Å²) in [4.78, 5) is 15.6. The zero-order chi connectivity index (χ0) is 20.4. The molecule has 1 aliphatic rings. The number of hydrogen-bond acceptors (Lipinski definition) is 8. The van der Waals surface area contributed by atoms with Crippen molar-refractivity contribution in [2.45, 2.75) is 13.8 Å². The van der Waals surface area contributed by atoms with E-state index in [-0.39, 0.29) is 7.18 Å². The average Bonchev–Trinajstić information content (AvgIpc) is 3.25. The van der Waals surface area contributed by atoms with Crippen molar-refractivity contribution < 1.29 is 14.4 Å². The van der Waals surface area contributed by atoms with Crippen molar-refractivity contribution in [3.63, 3.8) is 0 Å². The van der Waals surface area contributed by atoms with Crippen LogP contribution in [0.2, 0.25) is 0 Å². The molecule has 3 aromatic rings. The maximum Gasteiger partial charge on any atom is 0.278 e. The molecule has 0 saturated carbocycles. The zero-order valence-electron chi connectivity index (χ0n) is 16.3. The third kappa shape index (κ3) is 3.99. The maximum atomic E-state index is 12.1. The molecule has 0 radical (unpaired) electrons. The summed E-state index contributed by atoms with van der Waals surface area (Å²) >= 11 is 0. The minimum absolute atomic E-state index is 0. The molecule has 1 aromatic carbocycles. The molecule has 2 aromatic heterocycles. The van der Waals surface area contributed by atoms with Gasteiger partial charge in [0, 0.05) is 33.2 Å². The van der Waals surface area contributed by atoms with Gasteiger partial charge < -0.3 is 9.42 Å². The molecule has 0 unspecified atom stereocenters. The molecule has 0 bridgehead atoms. The van der Waals surface area contributed by atoms with Gasteiger partial charge in [0.05, 0.1) is 17.6 Å². The van der Waals surface area contributed by atoms with Gasteiger partial charge >= 0.3 is 0 Å². The number of piperazine rings is 1. The van der Waals surface area contributed by atoms with Crippen molar-refractivity contribution in [3.8, 4) is 23.0 Å². The Bertz CT molecular complexity index is 1100. The topological polar surface area (TPSA) is 105 Å². The highest BCUT2D eigenvalue weighted by atomic mass is 32.2. The van der Waals surface area contributed by atoms with Crippen LogP contribution >= 0.6 is 0 Å². The van der Waals surface area contributed by atoms with Crippen LogP contribution in [0.5, 0.6) is 0 Å². The second-order valence-corrected chi connectivity index (χ2v) is 9.00. The van der Waals surface area contributed by atoms with E-state index in [2.05, 4.69) is 20.1 Å². The first kappa shape index (κ1) is 19.5. The van der Waals surface area contributed by atoms with Crippen LogP contribution < -0.4 is 4.90 Å². The van der Waals surface area contributed by atoms with Gasteiger partial charge in [-0.05, 0) is 13.8 Å². The Balaban J connectivity index is 0.00000256. The number of rotatable bonds is 5. The number of anilines is 1. The van der Waals surface area contributed by atoms with Crippen LogP contribution in [0.25, 0.3) is 23.0 Å². The van der Waals surface area contributed by atoms with Crippen LogP contribution in [0.4, 0.5) is 5.82 Å². The molecule has 29 heavy (non-hydrogen) atoms. The molecule has 10 heteroatoms. The highest BCUT2D eigenvalue weighted by Crippen LogP contribution is 2.25. The van der Waals surface area contributed by atoms with Gasteiger partial charge in [-0.2, -0.15) is 9.29 Å². The molecule has 1 saturated heterocycles. The fourth-order valence-electron chi connectivity index (χ4n) is 3.20. The minimum Gasteiger partial charge on any atom is -0.353 e. The Kier molecular flexibility index (Phi) is 5.29. The van der Waals surface area contributed by atoms with Crippen molar-refractivity contribution in [3.05, 3.63) is 42.2 Å². The van der Waals surface area contributed by atoms with E-state index in [1.54, 1.807) is 13.1 Å². The summed E-state index contributed by atoms with van der Waals surface area (Å²) in [5, 5.41) is 4.05. The Hall–Kier alpha value is -2.85. The van der Waals surface area contributed by atoms with Crippen LogP contribution in [0.1, 0.15) is 14.0 Å². The molecular formula is C19H24N6O3S. The van der Waals surface area contributed by atoms with Crippen molar-refractivity contribution in [2.75, 3.05) is 36.8 Å². The standard InChI is InChI=1S/C19H22N6O3S.H2/c1-3-29(26,27)25-11-9-24(10-12-25)16-13-20-14(2)17(21-16)19-22-18(23-28-19)15-7-5-4-6-8-15;/h4-8,13H,3,9-12H2,1-2H3;1H. The summed E-state index contributed by atoms with van der Waals surface area (Å²) in [6.45, 7) is 5.46. The van der Waals surface area contributed by atoms with Crippen molar-refractivity contribution in [1.29, 1.82) is 0 Å². The van der Waals surface area contributed by atoms with Gasteiger partial charge in [0.25, 0.3) is 5.89 Å². The monoisotopic (exact) mass is 416 g/mol.